The van der Waals surface area contributed by atoms with Crippen molar-refractivity contribution in [2.24, 2.45) is 11.1 Å². The zero-order chi connectivity index (χ0) is 31.7. The number of carbonyl (C=O) groups excluding carboxylic acids is 3. The van der Waals surface area contributed by atoms with Crippen molar-refractivity contribution in [2.45, 2.75) is 51.6 Å². The van der Waals surface area contributed by atoms with Crippen LogP contribution >= 0.6 is 23.2 Å². The lowest BCUT2D eigenvalue weighted by Crippen LogP contribution is -2.56. The van der Waals surface area contributed by atoms with E-state index in [0.29, 0.717) is 6.41 Å². The number of ether oxygens (including phenoxy) is 1. The van der Waals surface area contributed by atoms with E-state index < -0.39 is 46.5 Å². The molecule has 0 bridgehead atoms. The number of nitrogens with two attached hydrogens (primary N) is 1. The van der Waals surface area contributed by atoms with Crippen LogP contribution in [0.15, 0.2) is 60.7 Å². The Morgan fingerprint density at radius 3 is 2.44 bits per heavy atom. The van der Waals surface area contributed by atoms with Gasteiger partial charge in [0.05, 0.1) is 34.5 Å². The number of hydrogen-bond acceptors (Lipinski definition) is 5. The normalized spacial score (nSPS) is 20.2. The maximum atomic E-state index is 15.7. The van der Waals surface area contributed by atoms with Gasteiger partial charge in [-0.2, -0.15) is 0 Å². The number of imide groups is 1. The molecule has 0 radical (unpaired) electrons. The number of esters is 1. The van der Waals surface area contributed by atoms with Crippen molar-refractivity contribution in [2.75, 3.05) is 18.1 Å². The number of benzene rings is 3. The molecule has 0 unspecified atom stereocenters. The Morgan fingerprint density at radius 2 is 1.81 bits per heavy atom. The predicted octanol–water partition coefficient (Wildman–Crippen LogP) is 7.29. The van der Waals surface area contributed by atoms with Crippen LogP contribution in [0.25, 0.3) is 0 Å². The van der Waals surface area contributed by atoms with Crippen LogP contribution in [0.4, 0.5) is 19.3 Å². The van der Waals surface area contributed by atoms with Crippen molar-refractivity contribution < 1.29 is 27.9 Å². The van der Waals surface area contributed by atoms with E-state index in [4.69, 9.17) is 33.7 Å². The van der Waals surface area contributed by atoms with Crippen LogP contribution in [0.3, 0.4) is 0 Å². The average molecular weight is 633 g/mol. The minimum atomic E-state index is -1.68. The van der Waals surface area contributed by atoms with E-state index in [-0.39, 0.29) is 52.0 Å². The molecule has 0 aliphatic carbocycles. The Balaban J connectivity index is 1.91. The summed E-state index contributed by atoms with van der Waals surface area (Å²) in [5, 5.41) is -0.0128. The molecule has 11 heteroatoms. The van der Waals surface area contributed by atoms with E-state index in [1.54, 1.807) is 13.0 Å². The lowest BCUT2D eigenvalue weighted by atomic mass is 9.70. The molecule has 0 aromatic heterocycles. The van der Waals surface area contributed by atoms with Gasteiger partial charge in [-0.05, 0) is 60.7 Å². The molecule has 0 saturated carbocycles. The molecule has 1 saturated heterocycles. The van der Waals surface area contributed by atoms with Gasteiger partial charge in [0.15, 0.2) is 0 Å². The molecule has 4 rings (SSSR count). The van der Waals surface area contributed by atoms with Gasteiger partial charge >= 0.3 is 12.0 Å². The van der Waals surface area contributed by atoms with Crippen molar-refractivity contribution in [3.05, 3.63) is 99.0 Å². The summed E-state index contributed by atoms with van der Waals surface area (Å²) >= 11 is 12.2. The molecule has 1 heterocycles. The molecule has 3 atom stereocenters. The fourth-order valence-electron chi connectivity index (χ4n) is 5.74. The third kappa shape index (κ3) is 6.39. The molecule has 3 aromatic rings. The summed E-state index contributed by atoms with van der Waals surface area (Å²) in [4.78, 5) is 41.3. The summed E-state index contributed by atoms with van der Waals surface area (Å²) in [7, 11) is 0. The van der Waals surface area contributed by atoms with Crippen molar-refractivity contribution >= 4 is 47.3 Å². The Labute approximate surface area is 259 Å². The van der Waals surface area contributed by atoms with Crippen LogP contribution in [0, 0.1) is 17.0 Å². The maximum Gasteiger partial charge on any atom is 0.338 e. The highest BCUT2D eigenvalue weighted by Crippen LogP contribution is 2.51. The molecule has 1 aliphatic rings. The summed E-state index contributed by atoms with van der Waals surface area (Å²) in [6.07, 6.45) is 0.584. The third-order valence-electron chi connectivity index (χ3n) is 7.64. The molecule has 2 N–H and O–H groups in total. The van der Waals surface area contributed by atoms with Crippen molar-refractivity contribution in [1.82, 2.24) is 4.90 Å². The molecule has 228 valence electrons. The highest BCUT2D eigenvalue weighted by molar-refractivity contribution is 6.31. The second-order valence-corrected chi connectivity index (χ2v) is 12.6. The molecular formula is C32H33Cl2F2N3O4. The van der Waals surface area contributed by atoms with Gasteiger partial charge in [0.2, 0.25) is 6.41 Å². The topological polar surface area (TPSA) is 92.9 Å². The lowest BCUT2D eigenvalue weighted by molar-refractivity contribution is -0.107. The zero-order valence-electron chi connectivity index (χ0n) is 24.2. The van der Waals surface area contributed by atoms with Crippen LogP contribution in [0.1, 0.15) is 61.5 Å². The summed E-state index contributed by atoms with van der Waals surface area (Å²) < 4.78 is 36.4. The number of urea groups is 1. The average Bonchev–Trinajstić information content (AvgIpc) is 3.21. The fraction of sp³-hybridized carbons (Fsp3) is 0.344. The van der Waals surface area contributed by atoms with Crippen molar-refractivity contribution in [1.29, 1.82) is 0 Å². The third-order valence-corrected chi connectivity index (χ3v) is 8.16. The minimum Gasteiger partial charge on any atom is -0.462 e. The number of carbonyl (C=O) groups is 3. The van der Waals surface area contributed by atoms with Crippen LogP contribution in [0.2, 0.25) is 10.0 Å². The highest BCUT2D eigenvalue weighted by Gasteiger charge is 2.57. The van der Waals surface area contributed by atoms with E-state index in [9.17, 15) is 14.4 Å². The van der Waals surface area contributed by atoms with Gasteiger partial charge in [0.25, 0.3) is 0 Å². The molecular weight excluding hydrogens is 599 g/mol. The number of hydrogen-bond donors (Lipinski definition) is 1. The zero-order valence-corrected chi connectivity index (χ0v) is 25.8. The molecule has 3 aromatic carbocycles. The van der Waals surface area contributed by atoms with Gasteiger partial charge in [-0.1, -0.05) is 68.2 Å². The van der Waals surface area contributed by atoms with Gasteiger partial charge in [0.1, 0.15) is 11.6 Å². The van der Waals surface area contributed by atoms with Gasteiger partial charge < -0.3 is 15.4 Å². The molecule has 3 amide bonds. The van der Waals surface area contributed by atoms with Crippen LogP contribution in [-0.4, -0.2) is 42.5 Å². The second-order valence-electron chi connectivity index (χ2n) is 11.7. The summed E-state index contributed by atoms with van der Waals surface area (Å²) in [5.41, 5.74) is 5.49. The van der Waals surface area contributed by atoms with E-state index in [1.165, 1.54) is 53.4 Å². The van der Waals surface area contributed by atoms with Gasteiger partial charge in [-0.3, -0.25) is 4.79 Å². The molecule has 1 fully saturated rings. The number of halogens is 4. The first-order valence-corrected chi connectivity index (χ1v) is 14.5. The summed E-state index contributed by atoms with van der Waals surface area (Å²) in [5.74, 6) is -3.05. The largest absolute Gasteiger partial charge is 0.462 e. The summed E-state index contributed by atoms with van der Waals surface area (Å²) in [6.45, 7) is 7.43. The monoisotopic (exact) mass is 631 g/mol. The minimum absolute atomic E-state index is 0.0350. The van der Waals surface area contributed by atoms with Crippen LogP contribution in [0.5, 0.6) is 0 Å². The number of likely N-dealkylation sites (tertiary alicyclic amines) is 1. The lowest BCUT2D eigenvalue weighted by Gasteiger charge is -2.41. The van der Waals surface area contributed by atoms with E-state index in [0.717, 1.165) is 11.0 Å². The summed E-state index contributed by atoms with van der Waals surface area (Å²) in [6, 6.07) is 12.7. The van der Waals surface area contributed by atoms with Gasteiger partial charge in [-0.15, -0.1) is 0 Å². The van der Waals surface area contributed by atoms with Gasteiger partial charge in [-0.25, -0.2) is 23.3 Å². The standard InChI is InChI=1S/C32H33Cl2F2N3O4/c1-5-43-29(41)19-8-6-9-21(14-19)39(18-40)30(42)38-17-24(22-10-7-11-25(34)28(22)36)32(37,27(38)16-31(2,3)4)23-13-12-20(33)15-26(23)35/h6-15,18,24,27H,5,16-17,37H2,1-4H3/t24-,27+,32+/m1/s1. The molecule has 0 spiro atoms. The Bertz CT molecular complexity index is 1550. The van der Waals surface area contributed by atoms with Crippen LogP contribution < -0.4 is 10.6 Å². The smallest absolute Gasteiger partial charge is 0.338 e. The molecule has 7 nitrogen and oxygen atoms in total. The van der Waals surface area contributed by atoms with Crippen molar-refractivity contribution in [3.8, 4) is 0 Å². The second kappa shape index (κ2) is 12.6. The number of amides is 3. The molecule has 43 heavy (non-hydrogen) atoms. The SMILES string of the molecule is CCOC(=O)c1cccc(N(C=O)C(=O)N2C[C@H](c3cccc(Cl)c3F)[C@@](N)(c3ccc(Cl)cc3F)[C@@H]2CC(C)(C)C)c1. The quantitative estimate of drug-likeness (QED) is 0.218. The van der Waals surface area contributed by atoms with Crippen molar-refractivity contribution in [3.63, 3.8) is 0 Å². The van der Waals surface area contributed by atoms with Crippen LogP contribution in [-0.2, 0) is 15.1 Å². The Morgan fingerprint density at radius 1 is 1.12 bits per heavy atom. The predicted molar refractivity (Wildman–Crippen MR) is 162 cm³/mol. The first kappa shape index (κ1) is 32.4. The highest BCUT2D eigenvalue weighted by atomic mass is 35.5. The number of nitrogens with zero attached hydrogens (tertiary/aromatic N) is 2. The Kier molecular flexibility index (Phi) is 9.49. The fourth-order valence-corrected chi connectivity index (χ4v) is 6.08. The van der Waals surface area contributed by atoms with Gasteiger partial charge in [0, 0.05) is 23.0 Å². The Hall–Kier alpha value is -3.53. The molecule has 1 aliphatic heterocycles. The van der Waals surface area contributed by atoms with E-state index in [1.807, 2.05) is 20.8 Å². The first-order chi connectivity index (χ1) is 20.2. The van der Waals surface area contributed by atoms with E-state index in [2.05, 4.69) is 0 Å². The number of anilines is 1. The van der Waals surface area contributed by atoms with E-state index >= 15 is 8.78 Å². The maximum absolute atomic E-state index is 15.7. The number of rotatable bonds is 7. The first-order valence-electron chi connectivity index (χ1n) is 13.7.